The Hall–Kier alpha value is -2.37. The number of aromatic nitrogens is 2. The molecule has 2 heterocycles. The Kier molecular flexibility index (Phi) is 3.57. The molecular formula is C12H13N3O3. The maximum absolute atomic E-state index is 11.7. The molecule has 6 heteroatoms. The van der Waals surface area contributed by atoms with Crippen molar-refractivity contribution in [3.8, 4) is 0 Å². The van der Waals surface area contributed by atoms with Crippen molar-refractivity contribution in [1.29, 1.82) is 0 Å². The van der Waals surface area contributed by atoms with Gasteiger partial charge in [0, 0.05) is 24.9 Å². The lowest BCUT2D eigenvalue weighted by molar-refractivity contribution is 0.0945. The van der Waals surface area contributed by atoms with Gasteiger partial charge in [-0.1, -0.05) is 6.92 Å². The Labute approximate surface area is 103 Å². The molecule has 2 aromatic rings. The van der Waals surface area contributed by atoms with Crippen LogP contribution in [-0.2, 0) is 13.0 Å². The molecule has 0 aromatic carbocycles. The number of carbonyl (C=O) groups excluding carboxylic acids is 1. The van der Waals surface area contributed by atoms with Crippen molar-refractivity contribution in [2.24, 2.45) is 0 Å². The van der Waals surface area contributed by atoms with E-state index in [0.717, 1.165) is 12.2 Å². The van der Waals surface area contributed by atoms with Gasteiger partial charge >= 0.3 is 0 Å². The van der Waals surface area contributed by atoms with Crippen LogP contribution in [0.25, 0.3) is 0 Å². The molecule has 94 valence electrons. The summed E-state index contributed by atoms with van der Waals surface area (Å²) in [6.45, 7) is 2.11. The molecule has 0 fully saturated rings. The highest BCUT2D eigenvalue weighted by Gasteiger charge is 2.10. The Morgan fingerprint density at radius 2 is 2.39 bits per heavy atom. The van der Waals surface area contributed by atoms with Crippen LogP contribution >= 0.6 is 0 Å². The van der Waals surface area contributed by atoms with Crippen molar-refractivity contribution in [2.75, 3.05) is 0 Å². The van der Waals surface area contributed by atoms with Crippen LogP contribution < -0.4 is 10.7 Å². The third kappa shape index (κ3) is 2.65. The number of nitrogens with zero attached hydrogens (tertiary/aromatic N) is 1. The number of carbonyl (C=O) groups is 1. The van der Waals surface area contributed by atoms with Gasteiger partial charge in [0.15, 0.2) is 5.43 Å². The fraction of sp³-hybridized carbons (Fsp3) is 0.250. The molecule has 0 atom stereocenters. The monoisotopic (exact) mass is 247 g/mol. The molecule has 0 bridgehead atoms. The number of aryl methyl sites for hydroxylation is 1. The molecule has 18 heavy (non-hydrogen) atoms. The molecule has 0 saturated carbocycles. The third-order valence-corrected chi connectivity index (χ3v) is 2.42. The van der Waals surface area contributed by atoms with Crippen LogP contribution in [0.2, 0.25) is 0 Å². The van der Waals surface area contributed by atoms with Crippen molar-refractivity contribution in [3.63, 3.8) is 0 Å². The molecule has 0 unspecified atom stereocenters. The lowest BCUT2D eigenvalue weighted by Gasteiger charge is -2.01. The quantitative estimate of drug-likeness (QED) is 0.838. The molecule has 0 saturated heterocycles. The van der Waals surface area contributed by atoms with Gasteiger partial charge in [-0.3, -0.25) is 9.59 Å². The van der Waals surface area contributed by atoms with E-state index in [1.165, 1.54) is 18.5 Å². The van der Waals surface area contributed by atoms with Crippen molar-refractivity contribution < 1.29 is 9.21 Å². The molecule has 0 aliphatic rings. The lowest BCUT2D eigenvalue weighted by atomic mass is 10.2. The Morgan fingerprint density at radius 3 is 3.06 bits per heavy atom. The van der Waals surface area contributed by atoms with Crippen LogP contribution in [0.4, 0.5) is 0 Å². The summed E-state index contributed by atoms with van der Waals surface area (Å²) in [5.41, 5.74) is -0.257. The predicted molar refractivity (Wildman–Crippen MR) is 64.1 cm³/mol. The minimum Gasteiger partial charge on any atom is -0.444 e. The molecule has 0 radical (unpaired) electrons. The second-order valence-electron chi connectivity index (χ2n) is 3.68. The average molecular weight is 247 g/mol. The summed E-state index contributed by atoms with van der Waals surface area (Å²) in [6, 6.07) is 1.30. The van der Waals surface area contributed by atoms with E-state index in [2.05, 4.69) is 15.3 Å². The van der Waals surface area contributed by atoms with Crippen LogP contribution in [0.5, 0.6) is 0 Å². The van der Waals surface area contributed by atoms with Crippen LogP contribution in [0.15, 0.2) is 33.9 Å². The summed E-state index contributed by atoms with van der Waals surface area (Å²) in [5, 5.41) is 2.58. The van der Waals surface area contributed by atoms with Crippen LogP contribution in [-0.4, -0.2) is 15.9 Å². The second-order valence-corrected chi connectivity index (χ2v) is 3.68. The first-order valence-electron chi connectivity index (χ1n) is 5.59. The van der Waals surface area contributed by atoms with Crippen LogP contribution in [0.1, 0.15) is 28.9 Å². The van der Waals surface area contributed by atoms with Gasteiger partial charge in [-0.2, -0.15) is 0 Å². The number of H-pyrrole nitrogens is 1. The highest BCUT2D eigenvalue weighted by atomic mass is 16.4. The first-order valence-corrected chi connectivity index (χ1v) is 5.59. The summed E-state index contributed by atoms with van der Waals surface area (Å²) in [7, 11) is 0. The molecular weight excluding hydrogens is 234 g/mol. The van der Waals surface area contributed by atoms with Crippen molar-refractivity contribution in [3.05, 3.63) is 52.1 Å². The number of amides is 1. The summed E-state index contributed by atoms with van der Waals surface area (Å²) >= 11 is 0. The topological polar surface area (TPSA) is 88.0 Å². The molecule has 2 aromatic heterocycles. The van der Waals surface area contributed by atoms with Gasteiger partial charge < -0.3 is 14.7 Å². The van der Waals surface area contributed by atoms with Gasteiger partial charge in [0.05, 0.1) is 12.7 Å². The van der Waals surface area contributed by atoms with Gasteiger partial charge in [-0.25, -0.2) is 4.98 Å². The van der Waals surface area contributed by atoms with Gasteiger partial charge in [0.1, 0.15) is 11.3 Å². The highest BCUT2D eigenvalue weighted by molar-refractivity contribution is 5.93. The summed E-state index contributed by atoms with van der Waals surface area (Å²) in [4.78, 5) is 29.8. The molecule has 6 nitrogen and oxygen atoms in total. The number of nitrogens with one attached hydrogen (secondary N) is 2. The van der Waals surface area contributed by atoms with E-state index in [4.69, 9.17) is 4.42 Å². The largest absolute Gasteiger partial charge is 0.444 e. The van der Waals surface area contributed by atoms with E-state index in [1.54, 1.807) is 6.20 Å². The zero-order chi connectivity index (χ0) is 13.0. The highest BCUT2D eigenvalue weighted by Crippen LogP contribution is 2.03. The normalized spacial score (nSPS) is 10.3. The Bertz CT molecular complexity index is 600. The number of hydrogen-bond acceptors (Lipinski definition) is 4. The summed E-state index contributed by atoms with van der Waals surface area (Å²) in [5.74, 6) is 0.734. The summed E-state index contributed by atoms with van der Waals surface area (Å²) < 4.78 is 5.34. The van der Waals surface area contributed by atoms with Crippen LogP contribution in [0.3, 0.4) is 0 Å². The molecule has 0 spiro atoms. The van der Waals surface area contributed by atoms with E-state index in [9.17, 15) is 9.59 Å². The molecule has 2 N–H and O–H groups in total. The molecule has 0 aliphatic heterocycles. The first-order chi connectivity index (χ1) is 8.70. The maximum atomic E-state index is 11.7. The number of oxazole rings is 1. The summed E-state index contributed by atoms with van der Waals surface area (Å²) in [6.07, 6.45) is 5.21. The number of hydrogen-bond donors (Lipinski definition) is 2. The van der Waals surface area contributed by atoms with E-state index in [-0.39, 0.29) is 17.5 Å². The van der Waals surface area contributed by atoms with E-state index < -0.39 is 5.91 Å². The van der Waals surface area contributed by atoms with E-state index >= 15 is 0 Å². The smallest absolute Gasteiger partial charge is 0.257 e. The lowest BCUT2D eigenvalue weighted by Crippen LogP contribution is -2.28. The molecule has 1 amide bonds. The molecule has 2 rings (SSSR count). The van der Waals surface area contributed by atoms with Crippen molar-refractivity contribution in [1.82, 2.24) is 15.3 Å². The van der Waals surface area contributed by atoms with Gasteiger partial charge in [-0.05, 0) is 0 Å². The number of aromatic amines is 1. The number of rotatable bonds is 4. The minimum absolute atomic E-state index is 0.0692. The van der Waals surface area contributed by atoms with E-state index in [1.807, 2.05) is 6.92 Å². The fourth-order valence-corrected chi connectivity index (χ4v) is 1.44. The average Bonchev–Trinajstić information content (AvgIpc) is 2.84. The second kappa shape index (κ2) is 5.31. The van der Waals surface area contributed by atoms with Crippen LogP contribution in [0, 0.1) is 0 Å². The minimum atomic E-state index is -0.451. The van der Waals surface area contributed by atoms with Crippen molar-refractivity contribution >= 4 is 5.91 Å². The first kappa shape index (κ1) is 12.1. The fourth-order valence-electron chi connectivity index (χ4n) is 1.44. The SMILES string of the molecule is CCc1cnc(CNC(=O)c2c[nH]ccc2=O)o1. The standard InChI is InChI=1S/C12H13N3O3/c1-2-8-5-14-11(18-8)7-15-12(17)9-6-13-4-3-10(9)16/h3-6H,2,7H2,1H3,(H,13,16)(H,15,17). The molecule has 0 aliphatic carbocycles. The van der Waals surface area contributed by atoms with E-state index in [0.29, 0.717) is 5.89 Å². The predicted octanol–water partition coefficient (Wildman–Crippen LogP) is 0.855. The van der Waals surface area contributed by atoms with Gasteiger partial charge in [0.2, 0.25) is 5.89 Å². The maximum Gasteiger partial charge on any atom is 0.257 e. The van der Waals surface area contributed by atoms with Gasteiger partial charge in [0.25, 0.3) is 5.91 Å². The number of pyridine rings is 1. The Morgan fingerprint density at radius 1 is 1.56 bits per heavy atom. The van der Waals surface area contributed by atoms with Crippen molar-refractivity contribution in [2.45, 2.75) is 19.9 Å². The zero-order valence-electron chi connectivity index (χ0n) is 9.90. The Balaban J connectivity index is 2.00. The zero-order valence-corrected chi connectivity index (χ0v) is 9.90. The third-order valence-electron chi connectivity index (χ3n) is 2.42. The van der Waals surface area contributed by atoms with Gasteiger partial charge in [-0.15, -0.1) is 0 Å².